The van der Waals surface area contributed by atoms with Crippen molar-refractivity contribution in [3.63, 3.8) is 0 Å². The van der Waals surface area contributed by atoms with Crippen LogP contribution in [0.25, 0.3) is 0 Å². The Bertz CT molecular complexity index is 903. The fourth-order valence-corrected chi connectivity index (χ4v) is 6.04. The van der Waals surface area contributed by atoms with Gasteiger partial charge in [-0.1, -0.05) is 54.1 Å². The van der Waals surface area contributed by atoms with Gasteiger partial charge in [0.15, 0.2) is 0 Å². The lowest BCUT2D eigenvalue weighted by molar-refractivity contribution is 0.00580. The summed E-state index contributed by atoms with van der Waals surface area (Å²) in [6.07, 6.45) is 5.26. The van der Waals surface area contributed by atoms with E-state index in [1.54, 1.807) is 0 Å². The van der Waals surface area contributed by atoms with Crippen molar-refractivity contribution in [2.75, 3.05) is 26.2 Å². The molecule has 0 saturated carbocycles. The molecule has 5 heteroatoms. The highest BCUT2D eigenvalue weighted by Crippen LogP contribution is 2.44. The summed E-state index contributed by atoms with van der Waals surface area (Å²) in [6, 6.07) is 17.5. The highest BCUT2D eigenvalue weighted by atomic mass is 35.5. The number of carbonyl (C=O) groups excluding carboxylic acids is 1. The maximum atomic E-state index is 13.1. The molecule has 3 heterocycles. The minimum Gasteiger partial charge on any atom is -0.338 e. The number of halogens is 1. The Kier molecular flexibility index (Phi) is 5.70. The molecule has 1 N–H and O–H groups in total. The number of hydrogen-bond donors (Lipinski definition) is 1. The molecule has 0 aliphatic carbocycles. The van der Waals surface area contributed by atoms with E-state index >= 15 is 0 Å². The van der Waals surface area contributed by atoms with E-state index in [2.05, 4.69) is 51.5 Å². The van der Waals surface area contributed by atoms with Gasteiger partial charge in [0.1, 0.15) is 0 Å². The number of hydrogen-bond acceptors (Lipinski definition) is 2. The van der Waals surface area contributed by atoms with Crippen LogP contribution in [0, 0.1) is 5.92 Å². The van der Waals surface area contributed by atoms with Crippen LogP contribution >= 0.6 is 11.6 Å². The van der Waals surface area contributed by atoms with Crippen LogP contribution < -0.4 is 5.32 Å². The molecule has 158 valence electrons. The predicted molar refractivity (Wildman–Crippen MR) is 121 cm³/mol. The van der Waals surface area contributed by atoms with E-state index in [9.17, 15) is 4.79 Å². The number of urea groups is 1. The summed E-state index contributed by atoms with van der Waals surface area (Å²) in [5, 5.41) is 4.08. The molecule has 0 radical (unpaired) electrons. The second-order valence-corrected chi connectivity index (χ2v) is 9.34. The van der Waals surface area contributed by atoms with Gasteiger partial charge in [0.05, 0.1) is 0 Å². The number of fused-ring (bicyclic) bond motifs is 4. The van der Waals surface area contributed by atoms with Gasteiger partial charge in [0, 0.05) is 43.3 Å². The number of nitrogens with one attached hydrogen (secondary N) is 1. The van der Waals surface area contributed by atoms with Gasteiger partial charge >= 0.3 is 6.03 Å². The molecule has 2 saturated heterocycles. The summed E-state index contributed by atoms with van der Waals surface area (Å²) in [5.41, 5.74) is 3.95. The number of rotatable bonds is 3. The third kappa shape index (κ3) is 3.83. The molecule has 2 amide bonds. The average Bonchev–Trinajstić information content (AvgIpc) is 2.78. The van der Waals surface area contributed by atoms with E-state index < -0.39 is 0 Å². The van der Waals surface area contributed by atoms with E-state index in [4.69, 9.17) is 11.6 Å². The summed E-state index contributed by atoms with van der Waals surface area (Å²) in [5.74, 6) is 0.579. The molecule has 2 aromatic carbocycles. The molecule has 3 aliphatic rings. The van der Waals surface area contributed by atoms with Gasteiger partial charge < -0.3 is 10.2 Å². The van der Waals surface area contributed by atoms with Gasteiger partial charge in [-0.15, -0.1) is 0 Å². The van der Waals surface area contributed by atoms with E-state index in [1.165, 1.54) is 23.1 Å². The summed E-state index contributed by atoms with van der Waals surface area (Å²) >= 11 is 6.50. The van der Waals surface area contributed by atoms with Gasteiger partial charge in [-0.25, -0.2) is 4.79 Å². The van der Waals surface area contributed by atoms with Gasteiger partial charge in [0.25, 0.3) is 0 Å². The maximum absolute atomic E-state index is 13.1. The fraction of sp³-hybridized carbons (Fsp3) is 0.480. The van der Waals surface area contributed by atoms with Crippen LogP contribution in [0.2, 0.25) is 5.02 Å². The lowest BCUT2D eigenvalue weighted by Gasteiger charge is -2.52. The van der Waals surface area contributed by atoms with E-state index in [0.29, 0.717) is 24.5 Å². The Morgan fingerprint density at radius 1 is 1.10 bits per heavy atom. The summed E-state index contributed by atoms with van der Waals surface area (Å²) in [4.78, 5) is 17.9. The van der Waals surface area contributed by atoms with Crippen molar-refractivity contribution in [1.29, 1.82) is 0 Å². The summed E-state index contributed by atoms with van der Waals surface area (Å²) in [7, 11) is 0. The normalized spacial score (nSPS) is 25.8. The SMILES string of the molecule is O=C(NCCc1ccccc1)N1CCC[C@@H]2CN3CCc4c(Cl)cccc4[C@H]3C[C@@H]21. The quantitative estimate of drug-likeness (QED) is 0.778. The van der Waals surface area contributed by atoms with Crippen LogP contribution in [-0.2, 0) is 12.8 Å². The van der Waals surface area contributed by atoms with Gasteiger partial charge in [0.2, 0.25) is 0 Å². The van der Waals surface area contributed by atoms with E-state index in [-0.39, 0.29) is 6.03 Å². The zero-order valence-electron chi connectivity index (χ0n) is 17.4. The summed E-state index contributed by atoms with van der Waals surface area (Å²) < 4.78 is 0. The monoisotopic (exact) mass is 423 g/mol. The Hall–Kier alpha value is -2.04. The third-order valence-electron chi connectivity index (χ3n) is 7.25. The molecule has 5 rings (SSSR count). The largest absolute Gasteiger partial charge is 0.338 e. The molecule has 0 spiro atoms. The number of benzene rings is 2. The third-order valence-corrected chi connectivity index (χ3v) is 7.60. The van der Waals surface area contributed by atoms with Crippen LogP contribution in [0.15, 0.2) is 48.5 Å². The molecular weight excluding hydrogens is 394 g/mol. The van der Waals surface area contributed by atoms with Gasteiger partial charge in [-0.05, 0) is 60.8 Å². The zero-order chi connectivity index (χ0) is 20.5. The molecule has 30 heavy (non-hydrogen) atoms. The first-order valence-electron chi connectivity index (χ1n) is 11.3. The maximum Gasteiger partial charge on any atom is 0.317 e. The molecule has 2 aromatic rings. The minimum absolute atomic E-state index is 0.108. The molecule has 0 bridgehead atoms. The van der Waals surface area contributed by atoms with Crippen molar-refractivity contribution < 1.29 is 4.79 Å². The molecular formula is C25H30ClN3O. The van der Waals surface area contributed by atoms with Crippen LogP contribution in [0.1, 0.15) is 42.0 Å². The molecule has 0 aromatic heterocycles. The van der Waals surface area contributed by atoms with E-state index in [0.717, 1.165) is 50.3 Å². The molecule has 0 unspecified atom stereocenters. The lowest BCUT2D eigenvalue weighted by atomic mass is 9.77. The molecule has 4 nitrogen and oxygen atoms in total. The van der Waals surface area contributed by atoms with Crippen LogP contribution in [0.5, 0.6) is 0 Å². The van der Waals surface area contributed by atoms with Crippen LogP contribution in [0.4, 0.5) is 4.79 Å². The second-order valence-electron chi connectivity index (χ2n) is 8.93. The number of nitrogens with zero attached hydrogens (tertiary/aromatic N) is 2. The number of amides is 2. The average molecular weight is 424 g/mol. The molecule has 2 fully saturated rings. The lowest BCUT2D eigenvalue weighted by Crippen LogP contribution is -2.59. The number of carbonyl (C=O) groups is 1. The van der Waals surface area contributed by atoms with E-state index in [1.807, 2.05) is 12.1 Å². The Balaban J connectivity index is 1.28. The Morgan fingerprint density at radius 2 is 1.97 bits per heavy atom. The van der Waals surface area contributed by atoms with Crippen molar-refractivity contribution in [2.45, 2.75) is 44.2 Å². The van der Waals surface area contributed by atoms with Crippen molar-refractivity contribution in [3.05, 3.63) is 70.2 Å². The van der Waals surface area contributed by atoms with Crippen molar-refractivity contribution in [2.24, 2.45) is 5.92 Å². The smallest absolute Gasteiger partial charge is 0.317 e. The van der Waals surface area contributed by atoms with Crippen molar-refractivity contribution >= 4 is 17.6 Å². The van der Waals surface area contributed by atoms with Crippen LogP contribution in [0.3, 0.4) is 0 Å². The predicted octanol–water partition coefficient (Wildman–Crippen LogP) is 4.68. The fourth-order valence-electron chi connectivity index (χ4n) is 5.77. The first-order valence-corrected chi connectivity index (χ1v) is 11.7. The van der Waals surface area contributed by atoms with Gasteiger partial charge in [-0.2, -0.15) is 0 Å². The van der Waals surface area contributed by atoms with Crippen molar-refractivity contribution in [1.82, 2.24) is 15.1 Å². The van der Waals surface area contributed by atoms with Crippen molar-refractivity contribution in [3.8, 4) is 0 Å². The van der Waals surface area contributed by atoms with Crippen LogP contribution in [-0.4, -0.2) is 48.1 Å². The molecule has 3 aliphatic heterocycles. The Labute approximate surface area is 184 Å². The second kappa shape index (κ2) is 8.60. The number of piperidine rings is 2. The zero-order valence-corrected chi connectivity index (χ0v) is 18.2. The molecule has 3 atom stereocenters. The Morgan fingerprint density at radius 3 is 2.83 bits per heavy atom. The first kappa shape index (κ1) is 19.9. The summed E-state index contributed by atoms with van der Waals surface area (Å²) in [6.45, 7) is 3.72. The number of likely N-dealkylation sites (tertiary alicyclic amines) is 1. The topological polar surface area (TPSA) is 35.6 Å². The van der Waals surface area contributed by atoms with Gasteiger partial charge in [-0.3, -0.25) is 4.90 Å². The first-order chi connectivity index (χ1) is 14.7. The highest BCUT2D eigenvalue weighted by Gasteiger charge is 2.44. The minimum atomic E-state index is 0.108. The highest BCUT2D eigenvalue weighted by molar-refractivity contribution is 6.31. The standard InChI is InChI=1S/C25H30ClN3O/c26-22-10-4-9-21-20(22)12-15-28-17-19-8-5-14-29(23(19)16-24(21)28)25(30)27-13-11-18-6-2-1-3-7-18/h1-4,6-7,9-10,19,23-24H,5,8,11-17H2,(H,27,30)/t19-,23+,24-/m1/s1.